The maximum absolute atomic E-state index is 13.3. The maximum Gasteiger partial charge on any atom is 0.303 e. The van der Waals surface area contributed by atoms with Gasteiger partial charge < -0.3 is 23.5 Å². The first-order valence-corrected chi connectivity index (χ1v) is 14.5. The van der Waals surface area contributed by atoms with E-state index in [2.05, 4.69) is 4.98 Å². The highest BCUT2D eigenvalue weighted by Crippen LogP contribution is 2.34. The van der Waals surface area contributed by atoms with Gasteiger partial charge in [-0.05, 0) is 30.4 Å². The summed E-state index contributed by atoms with van der Waals surface area (Å²) < 4.78 is 49.9. The normalized spacial score (nSPS) is 16.9. The third-order valence-corrected chi connectivity index (χ3v) is 8.23. The Balaban J connectivity index is 1.68. The molecule has 14 heteroatoms. The largest absolute Gasteiger partial charge is 0.492 e. The van der Waals surface area contributed by atoms with E-state index in [9.17, 15) is 18.0 Å². The van der Waals surface area contributed by atoms with E-state index < -0.39 is 39.4 Å². The number of carbonyl (C=O) groups excluding carboxylic acids is 2. The predicted octanol–water partition coefficient (Wildman–Crippen LogP) is 4.29. The predicted molar refractivity (Wildman–Crippen MR) is 145 cm³/mol. The minimum absolute atomic E-state index is 0.0156. The van der Waals surface area contributed by atoms with Gasteiger partial charge in [0.25, 0.3) is 0 Å². The first-order valence-electron chi connectivity index (χ1n) is 11.7. The summed E-state index contributed by atoms with van der Waals surface area (Å²) in [5, 5.41) is -0.698. The lowest BCUT2D eigenvalue weighted by molar-refractivity contribution is -0.149. The molecule has 39 heavy (non-hydrogen) atoms. The van der Waals surface area contributed by atoms with Gasteiger partial charge in [-0.2, -0.15) is 0 Å². The third kappa shape index (κ3) is 8.89. The smallest absolute Gasteiger partial charge is 0.303 e. The number of rotatable bonds is 13. The van der Waals surface area contributed by atoms with Gasteiger partial charge in [-0.1, -0.05) is 11.6 Å². The summed E-state index contributed by atoms with van der Waals surface area (Å²) >= 11 is 18.5. The van der Waals surface area contributed by atoms with Crippen LogP contribution in [0.1, 0.15) is 20.3 Å². The van der Waals surface area contributed by atoms with Crippen molar-refractivity contribution < 1.29 is 37.0 Å². The second-order valence-electron chi connectivity index (χ2n) is 8.47. The molecule has 0 fully saturated rings. The van der Waals surface area contributed by atoms with Gasteiger partial charge in [0, 0.05) is 32.7 Å². The van der Waals surface area contributed by atoms with Crippen LogP contribution in [0.15, 0.2) is 64.6 Å². The Morgan fingerprint density at radius 2 is 1.79 bits per heavy atom. The molecule has 3 atom stereocenters. The van der Waals surface area contributed by atoms with E-state index in [1.54, 1.807) is 23.3 Å². The number of hydrogen-bond acceptors (Lipinski definition) is 9. The van der Waals surface area contributed by atoms with Crippen LogP contribution in [0.3, 0.4) is 0 Å². The molecular weight excluding hydrogens is 595 g/mol. The van der Waals surface area contributed by atoms with E-state index in [-0.39, 0.29) is 46.1 Å². The number of carbonyl (C=O) groups is 2. The molecule has 1 aromatic heterocycles. The summed E-state index contributed by atoms with van der Waals surface area (Å²) in [6.07, 6.45) is 6.45. The molecular formula is C25H27Cl3N2O8S. The highest BCUT2D eigenvalue weighted by atomic mass is 35.5. The van der Waals surface area contributed by atoms with Gasteiger partial charge in [-0.25, -0.2) is 13.4 Å². The number of allylic oxidation sites excluding steroid dienone is 4. The number of sulfone groups is 1. The van der Waals surface area contributed by atoms with E-state index in [1.807, 2.05) is 0 Å². The average molecular weight is 622 g/mol. The topological polar surface area (TPSA) is 123 Å². The molecule has 3 rings (SSSR count). The molecule has 0 radical (unpaired) electrons. The fourth-order valence-corrected chi connectivity index (χ4v) is 5.89. The highest BCUT2D eigenvalue weighted by molar-refractivity contribution is 7.95. The maximum atomic E-state index is 13.3. The van der Waals surface area contributed by atoms with Crippen molar-refractivity contribution in [3.05, 3.63) is 64.8 Å². The quantitative estimate of drug-likeness (QED) is 0.238. The van der Waals surface area contributed by atoms with E-state index in [4.69, 9.17) is 53.8 Å². The molecule has 1 aliphatic carbocycles. The van der Waals surface area contributed by atoms with Crippen LogP contribution in [0.2, 0.25) is 5.02 Å². The number of imidazole rings is 1. The Morgan fingerprint density at radius 3 is 2.38 bits per heavy atom. The van der Waals surface area contributed by atoms with Crippen molar-refractivity contribution in [1.29, 1.82) is 0 Å². The number of hydrogen-bond donors (Lipinski definition) is 0. The molecule has 0 bridgehead atoms. The van der Waals surface area contributed by atoms with Crippen molar-refractivity contribution in [1.82, 2.24) is 9.55 Å². The lowest BCUT2D eigenvalue weighted by Crippen LogP contribution is -2.28. The Labute approximate surface area is 241 Å². The van der Waals surface area contributed by atoms with Gasteiger partial charge in [0.05, 0.1) is 39.0 Å². The molecule has 0 saturated carbocycles. The number of nitrogens with zero attached hydrogens (tertiary/aromatic N) is 2. The third-order valence-electron chi connectivity index (χ3n) is 5.35. The van der Waals surface area contributed by atoms with Gasteiger partial charge in [-0.3, -0.25) is 9.59 Å². The van der Waals surface area contributed by atoms with Crippen molar-refractivity contribution in [2.75, 3.05) is 19.1 Å². The molecule has 0 N–H and O–H groups in total. The monoisotopic (exact) mass is 620 g/mol. The van der Waals surface area contributed by atoms with Crippen LogP contribution in [0.25, 0.3) is 0 Å². The number of esters is 2. The Bertz CT molecular complexity index is 1330. The summed E-state index contributed by atoms with van der Waals surface area (Å²) in [7, 11) is -3.92. The van der Waals surface area contributed by atoms with Crippen molar-refractivity contribution in [2.24, 2.45) is 0 Å². The van der Waals surface area contributed by atoms with Crippen LogP contribution in [-0.2, 0) is 40.2 Å². The molecule has 10 nitrogen and oxygen atoms in total. The first-order chi connectivity index (χ1) is 18.5. The number of halogens is 3. The van der Waals surface area contributed by atoms with Gasteiger partial charge >= 0.3 is 11.9 Å². The summed E-state index contributed by atoms with van der Waals surface area (Å²) in [4.78, 5) is 26.6. The minimum atomic E-state index is -3.92. The number of benzene rings is 1. The number of ether oxygens (including phenoxy) is 4. The SMILES string of the molecule is CC(=O)O[C@H](CCl)COC1=CC=C(S(=O)(=O)c2ccc(OC[C@H](Cn3ccnc3)OC(C)=O)c(Cl)c2)CC1Cl. The van der Waals surface area contributed by atoms with Gasteiger partial charge in [0.2, 0.25) is 9.84 Å². The van der Waals surface area contributed by atoms with Crippen molar-refractivity contribution in [2.45, 2.75) is 49.3 Å². The molecule has 212 valence electrons. The molecule has 1 heterocycles. The van der Waals surface area contributed by atoms with E-state index in [0.717, 1.165) is 0 Å². The van der Waals surface area contributed by atoms with Gasteiger partial charge in [0.1, 0.15) is 30.8 Å². The number of alkyl halides is 2. The molecule has 0 amide bonds. The van der Waals surface area contributed by atoms with Gasteiger partial charge in [0.15, 0.2) is 6.10 Å². The Hall–Kier alpha value is -2.73. The van der Waals surface area contributed by atoms with E-state index >= 15 is 0 Å². The zero-order valence-electron chi connectivity index (χ0n) is 21.1. The van der Waals surface area contributed by atoms with Crippen molar-refractivity contribution in [3.8, 4) is 5.75 Å². The molecule has 0 spiro atoms. The average Bonchev–Trinajstić information content (AvgIpc) is 3.38. The standard InChI is InChI=1S/C25H27Cl3N2O8S/c1-16(31)37-18(11-26)13-35-24-5-3-20(9-22(24)27)39(33,34)21-4-6-25(23(28)10-21)36-14-19(38-17(2)32)12-30-8-7-29-15-30/h3-8,10,15,18-19,22H,9,11-14H2,1-2H3/t18-,19+,22?/m1/s1. The summed E-state index contributed by atoms with van der Waals surface area (Å²) in [6.45, 7) is 2.83. The summed E-state index contributed by atoms with van der Waals surface area (Å²) in [5.41, 5.74) is 0. The zero-order chi connectivity index (χ0) is 28.6. The Kier molecular flexibility index (Phi) is 11.1. The van der Waals surface area contributed by atoms with Crippen molar-refractivity contribution in [3.63, 3.8) is 0 Å². The summed E-state index contributed by atoms with van der Waals surface area (Å²) in [6, 6.07) is 4.09. The van der Waals surface area contributed by atoms with Gasteiger partial charge in [-0.15, -0.1) is 23.2 Å². The van der Waals surface area contributed by atoms with Crippen LogP contribution in [0.5, 0.6) is 5.75 Å². The highest BCUT2D eigenvalue weighted by Gasteiger charge is 2.29. The van der Waals surface area contributed by atoms with Crippen LogP contribution in [0, 0.1) is 0 Å². The fraction of sp³-hybridized carbons (Fsp3) is 0.400. The molecule has 2 aromatic rings. The molecule has 0 saturated heterocycles. The molecule has 1 aliphatic rings. The summed E-state index contributed by atoms with van der Waals surface area (Å²) in [5.74, 6) is -0.377. The zero-order valence-corrected chi connectivity index (χ0v) is 24.2. The van der Waals surface area contributed by atoms with E-state index in [1.165, 1.54) is 44.2 Å². The van der Waals surface area contributed by atoms with Crippen LogP contribution < -0.4 is 4.74 Å². The molecule has 1 aromatic carbocycles. The minimum Gasteiger partial charge on any atom is -0.492 e. The molecule has 1 unspecified atom stereocenters. The lowest BCUT2D eigenvalue weighted by atomic mass is 10.1. The van der Waals surface area contributed by atoms with Crippen LogP contribution in [-0.4, -0.2) is 66.6 Å². The van der Waals surface area contributed by atoms with Crippen LogP contribution in [0.4, 0.5) is 0 Å². The second-order valence-corrected chi connectivity index (χ2v) is 11.7. The Morgan fingerprint density at radius 1 is 1.10 bits per heavy atom. The number of aromatic nitrogens is 2. The van der Waals surface area contributed by atoms with Crippen LogP contribution >= 0.6 is 34.8 Å². The fourth-order valence-electron chi connectivity index (χ4n) is 3.58. The second kappa shape index (κ2) is 14.1. The lowest BCUT2D eigenvalue weighted by Gasteiger charge is -2.23. The first kappa shape index (κ1) is 30.8. The van der Waals surface area contributed by atoms with E-state index in [0.29, 0.717) is 12.3 Å². The van der Waals surface area contributed by atoms with Crippen molar-refractivity contribution >= 4 is 56.6 Å². The molecule has 0 aliphatic heterocycles.